The van der Waals surface area contributed by atoms with E-state index < -0.39 is 0 Å². The monoisotopic (exact) mass is 396 g/mol. The second-order valence-corrected chi connectivity index (χ2v) is 7.47. The number of methoxy groups -OCH3 is 1. The molecule has 2 aromatic carbocycles. The minimum atomic E-state index is -0.163. The number of carbonyl (C=O) groups is 2. The van der Waals surface area contributed by atoms with Crippen molar-refractivity contribution in [2.45, 2.75) is 12.8 Å². The summed E-state index contributed by atoms with van der Waals surface area (Å²) in [7, 11) is 1.70. The Morgan fingerprint density at radius 3 is 2.31 bits per heavy atom. The first-order valence-corrected chi connectivity index (χ1v) is 9.91. The van der Waals surface area contributed by atoms with Crippen LogP contribution in [0.1, 0.15) is 28.8 Å². The van der Waals surface area contributed by atoms with Crippen molar-refractivity contribution in [1.82, 2.24) is 10.6 Å². The van der Waals surface area contributed by atoms with Crippen LogP contribution in [-0.4, -0.2) is 51.6 Å². The highest BCUT2D eigenvalue weighted by Gasteiger charge is 2.32. The summed E-state index contributed by atoms with van der Waals surface area (Å²) >= 11 is 0. The van der Waals surface area contributed by atoms with E-state index in [1.54, 1.807) is 43.5 Å². The van der Waals surface area contributed by atoms with Crippen LogP contribution in [0.5, 0.6) is 5.75 Å². The Bertz CT molecular complexity index is 794. The van der Waals surface area contributed by atoms with Gasteiger partial charge in [-0.1, -0.05) is 30.3 Å². The molecule has 6 heteroatoms. The van der Waals surface area contributed by atoms with Gasteiger partial charge in [0.25, 0.3) is 5.91 Å². The number of benzene rings is 2. The van der Waals surface area contributed by atoms with Gasteiger partial charge in [0.05, 0.1) is 6.61 Å². The average Bonchev–Trinajstić information content (AvgIpc) is 2.78. The zero-order valence-electron chi connectivity index (χ0n) is 16.8. The summed E-state index contributed by atoms with van der Waals surface area (Å²) in [6.07, 6.45) is 1.94. The fraction of sp³-hybridized carbons (Fsp3) is 0.391. The van der Waals surface area contributed by atoms with Gasteiger partial charge in [0.1, 0.15) is 5.75 Å². The zero-order chi connectivity index (χ0) is 20.5. The van der Waals surface area contributed by atoms with E-state index in [0.717, 1.165) is 25.9 Å². The number of ketones is 1. The van der Waals surface area contributed by atoms with E-state index in [4.69, 9.17) is 9.47 Å². The second kappa shape index (κ2) is 10.2. The van der Waals surface area contributed by atoms with Gasteiger partial charge in [-0.2, -0.15) is 0 Å². The summed E-state index contributed by atoms with van der Waals surface area (Å²) in [5, 5.41) is 6.31. The first-order valence-electron chi connectivity index (χ1n) is 9.91. The zero-order valence-corrected chi connectivity index (χ0v) is 16.8. The number of ether oxygens (including phenoxy) is 2. The van der Waals surface area contributed by atoms with E-state index in [9.17, 15) is 9.59 Å². The molecule has 0 atom stereocenters. The van der Waals surface area contributed by atoms with Gasteiger partial charge in [-0.05, 0) is 50.2 Å². The van der Waals surface area contributed by atoms with Crippen LogP contribution in [0, 0.1) is 5.41 Å². The Labute approximate surface area is 171 Å². The molecule has 1 aliphatic rings. The summed E-state index contributed by atoms with van der Waals surface area (Å²) in [6, 6.07) is 16.0. The van der Waals surface area contributed by atoms with Crippen LogP contribution in [0.25, 0.3) is 0 Å². The lowest BCUT2D eigenvalue weighted by atomic mass is 9.79. The van der Waals surface area contributed by atoms with Crippen LogP contribution in [0.15, 0.2) is 54.6 Å². The molecule has 1 saturated heterocycles. The van der Waals surface area contributed by atoms with Gasteiger partial charge >= 0.3 is 0 Å². The van der Waals surface area contributed by atoms with Crippen LogP contribution in [-0.2, 0) is 9.53 Å². The van der Waals surface area contributed by atoms with Gasteiger partial charge in [-0.25, -0.2) is 0 Å². The van der Waals surface area contributed by atoms with E-state index >= 15 is 0 Å². The maximum absolute atomic E-state index is 12.4. The molecule has 1 heterocycles. The largest absolute Gasteiger partial charge is 0.484 e. The molecule has 2 N–H and O–H groups in total. The highest BCUT2D eigenvalue weighted by molar-refractivity contribution is 6.08. The Hall–Kier alpha value is -2.70. The minimum Gasteiger partial charge on any atom is -0.484 e. The van der Waals surface area contributed by atoms with Gasteiger partial charge in [0, 0.05) is 30.2 Å². The molecule has 1 aliphatic heterocycles. The molecule has 0 aromatic heterocycles. The molecule has 2 aromatic rings. The van der Waals surface area contributed by atoms with E-state index in [1.807, 2.05) is 18.2 Å². The topological polar surface area (TPSA) is 76.7 Å². The highest BCUT2D eigenvalue weighted by Crippen LogP contribution is 2.28. The van der Waals surface area contributed by atoms with E-state index in [-0.39, 0.29) is 23.7 Å². The van der Waals surface area contributed by atoms with Gasteiger partial charge in [0.2, 0.25) is 0 Å². The molecule has 0 aliphatic carbocycles. The van der Waals surface area contributed by atoms with Crippen molar-refractivity contribution < 1.29 is 19.1 Å². The number of nitrogens with one attached hydrogen (secondary N) is 2. The molecular formula is C23H28N2O4. The van der Waals surface area contributed by atoms with Crippen molar-refractivity contribution in [2.24, 2.45) is 5.41 Å². The number of hydrogen-bond donors (Lipinski definition) is 2. The van der Waals surface area contributed by atoms with E-state index in [0.29, 0.717) is 30.0 Å². The summed E-state index contributed by atoms with van der Waals surface area (Å²) in [6.45, 7) is 3.02. The summed E-state index contributed by atoms with van der Waals surface area (Å²) < 4.78 is 10.9. The number of piperidine rings is 1. The first-order chi connectivity index (χ1) is 14.1. The van der Waals surface area contributed by atoms with Gasteiger partial charge in [-0.15, -0.1) is 0 Å². The van der Waals surface area contributed by atoms with E-state index in [2.05, 4.69) is 10.6 Å². The number of amides is 1. The molecule has 6 nitrogen and oxygen atoms in total. The third-order valence-corrected chi connectivity index (χ3v) is 5.30. The quantitative estimate of drug-likeness (QED) is 0.637. The first kappa shape index (κ1) is 21.0. The van der Waals surface area contributed by atoms with Crippen molar-refractivity contribution in [3.63, 3.8) is 0 Å². The molecule has 3 rings (SSSR count). The molecule has 29 heavy (non-hydrogen) atoms. The van der Waals surface area contributed by atoms with Crippen molar-refractivity contribution >= 4 is 11.7 Å². The minimum absolute atomic E-state index is 0.0187. The third-order valence-electron chi connectivity index (χ3n) is 5.30. The van der Waals surface area contributed by atoms with Crippen molar-refractivity contribution in [3.8, 4) is 5.75 Å². The predicted octanol–water partition coefficient (Wildman–Crippen LogP) is 2.43. The predicted molar refractivity (Wildman–Crippen MR) is 111 cm³/mol. The third kappa shape index (κ3) is 5.89. The maximum atomic E-state index is 12.4. The lowest BCUT2D eigenvalue weighted by Gasteiger charge is -2.37. The smallest absolute Gasteiger partial charge is 0.257 e. The standard InChI is InChI=1S/C23H28N2O4/c1-28-17-23(11-13-24-14-12-23)16-25-21(26)15-29-20-9-7-19(8-10-20)22(27)18-5-3-2-4-6-18/h2-10,24H,11-17H2,1H3,(H,25,26). The number of carbonyl (C=O) groups excluding carboxylic acids is 2. The molecule has 0 saturated carbocycles. The molecule has 0 radical (unpaired) electrons. The molecule has 0 unspecified atom stereocenters. The van der Waals surface area contributed by atoms with Crippen LogP contribution < -0.4 is 15.4 Å². The highest BCUT2D eigenvalue weighted by atomic mass is 16.5. The second-order valence-electron chi connectivity index (χ2n) is 7.47. The normalized spacial score (nSPS) is 15.5. The van der Waals surface area contributed by atoms with Crippen LogP contribution in [0.4, 0.5) is 0 Å². The Balaban J connectivity index is 1.48. The summed E-state index contributed by atoms with van der Waals surface area (Å²) in [5.74, 6) is 0.349. The van der Waals surface area contributed by atoms with Crippen LogP contribution in [0.3, 0.4) is 0 Å². The van der Waals surface area contributed by atoms with Crippen LogP contribution in [0.2, 0.25) is 0 Å². The van der Waals surface area contributed by atoms with Crippen LogP contribution >= 0.6 is 0 Å². The molecule has 0 spiro atoms. The maximum Gasteiger partial charge on any atom is 0.257 e. The molecule has 1 fully saturated rings. The van der Waals surface area contributed by atoms with Crippen molar-refractivity contribution in [3.05, 3.63) is 65.7 Å². The lowest BCUT2D eigenvalue weighted by Crippen LogP contribution is -2.47. The van der Waals surface area contributed by atoms with Crippen molar-refractivity contribution in [2.75, 3.05) is 40.0 Å². The van der Waals surface area contributed by atoms with Gasteiger partial charge in [0.15, 0.2) is 12.4 Å². The lowest BCUT2D eigenvalue weighted by molar-refractivity contribution is -0.124. The van der Waals surface area contributed by atoms with Crippen molar-refractivity contribution in [1.29, 1.82) is 0 Å². The number of rotatable bonds is 9. The Kier molecular flexibility index (Phi) is 7.38. The average molecular weight is 396 g/mol. The molecule has 154 valence electrons. The molecule has 0 bridgehead atoms. The Morgan fingerprint density at radius 2 is 1.66 bits per heavy atom. The molecule has 1 amide bonds. The SMILES string of the molecule is COCC1(CNC(=O)COc2ccc(C(=O)c3ccccc3)cc2)CCNCC1. The Morgan fingerprint density at radius 1 is 1.00 bits per heavy atom. The van der Waals surface area contributed by atoms with E-state index in [1.165, 1.54) is 0 Å². The number of hydrogen-bond acceptors (Lipinski definition) is 5. The van der Waals surface area contributed by atoms with Gasteiger partial charge < -0.3 is 20.1 Å². The summed E-state index contributed by atoms with van der Waals surface area (Å²) in [5.41, 5.74) is 1.21. The fourth-order valence-electron chi connectivity index (χ4n) is 3.58. The summed E-state index contributed by atoms with van der Waals surface area (Å²) in [4.78, 5) is 24.6. The van der Waals surface area contributed by atoms with Gasteiger partial charge in [-0.3, -0.25) is 9.59 Å². The molecular weight excluding hydrogens is 368 g/mol. The fourth-order valence-corrected chi connectivity index (χ4v) is 3.58.